The SMILES string of the molecule is CCCNC(CCCOC)c1coc2ccccc12. The maximum atomic E-state index is 5.65. The third-order valence-corrected chi connectivity index (χ3v) is 3.37. The van der Waals surface area contributed by atoms with E-state index in [9.17, 15) is 0 Å². The van der Waals surface area contributed by atoms with Gasteiger partial charge in [-0.2, -0.15) is 0 Å². The summed E-state index contributed by atoms with van der Waals surface area (Å²) in [4.78, 5) is 0. The molecule has 0 saturated carbocycles. The largest absolute Gasteiger partial charge is 0.464 e. The van der Waals surface area contributed by atoms with Crippen LogP contribution in [0, 0.1) is 0 Å². The van der Waals surface area contributed by atoms with Crippen molar-refractivity contribution in [1.29, 1.82) is 0 Å². The normalized spacial score (nSPS) is 12.9. The Labute approximate surface area is 114 Å². The number of para-hydroxylation sites is 1. The van der Waals surface area contributed by atoms with Gasteiger partial charge in [0.05, 0.1) is 6.26 Å². The summed E-state index contributed by atoms with van der Waals surface area (Å²) < 4.78 is 10.8. The van der Waals surface area contributed by atoms with E-state index >= 15 is 0 Å². The van der Waals surface area contributed by atoms with Gasteiger partial charge in [-0.1, -0.05) is 25.1 Å². The van der Waals surface area contributed by atoms with Crippen LogP contribution in [0.1, 0.15) is 37.8 Å². The summed E-state index contributed by atoms with van der Waals surface area (Å²) in [6.45, 7) is 4.02. The number of methoxy groups -OCH3 is 1. The van der Waals surface area contributed by atoms with Crippen molar-refractivity contribution in [3.05, 3.63) is 36.1 Å². The molecule has 2 aromatic rings. The van der Waals surface area contributed by atoms with Gasteiger partial charge in [-0.05, 0) is 31.9 Å². The van der Waals surface area contributed by atoms with Gasteiger partial charge in [-0.3, -0.25) is 0 Å². The van der Waals surface area contributed by atoms with E-state index in [2.05, 4.69) is 24.4 Å². The monoisotopic (exact) mass is 261 g/mol. The molecule has 1 atom stereocenters. The second kappa shape index (κ2) is 7.31. The lowest BCUT2D eigenvalue weighted by Crippen LogP contribution is -2.22. The van der Waals surface area contributed by atoms with E-state index in [-0.39, 0.29) is 0 Å². The third-order valence-electron chi connectivity index (χ3n) is 3.37. The first-order valence-electron chi connectivity index (χ1n) is 7.05. The van der Waals surface area contributed by atoms with E-state index in [1.807, 2.05) is 18.4 Å². The zero-order chi connectivity index (χ0) is 13.5. The maximum Gasteiger partial charge on any atom is 0.134 e. The number of hydrogen-bond acceptors (Lipinski definition) is 3. The molecule has 0 radical (unpaired) electrons. The van der Waals surface area contributed by atoms with Gasteiger partial charge in [0, 0.05) is 30.7 Å². The number of hydrogen-bond donors (Lipinski definition) is 1. The zero-order valence-corrected chi connectivity index (χ0v) is 11.8. The topological polar surface area (TPSA) is 34.4 Å². The van der Waals surface area contributed by atoms with Crippen LogP contribution < -0.4 is 5.32 Å². The molecule has 0 fully saturated rings. The van der Waals surface area contributed by atoms with E-state index in [1.54, 1.807) is 7.11 Å². The van der Waals surface area contributed by atoms with Crippen molar-refractivity contribution < 1.29 is 9.15 Å². The summed E-state index contributed by atoms with van der Waals surface area (Å²) in [6, 6.07) is 8.57. The average molecular weight is 261 g/mol. The number of furan rings is 1. The highest BCUT2D eigenvalue weighted by atomic mass is 16.5. The molecule has 1 N–H and O–H groups in total. The lowest BCUT2D eigenvalue weighted by molar-refractivity contribution is 0.188. The highest BCUT2D eigenvalue weighted by Crippen LogP contribution is 2.28. The number of rotatable bonds is 8. The minimum absolute atomic E-state index is 0.346. The van der Waals surface area contributed by atoms with E-state index in [1.165, 1.54) is 10.9 Å². The van der Waals surface area contributed by atoms with Gasteiger partial charge in [-0.15, -0.1) is 0 Å². The summed E-state index contributed by atoms with van der Waals surface area (Å²) in [5, 5.41) is 4.82. The first-order chi connectivity index (χ1) is 9.36. The molecule has 0 aliphatic carbocycles. The number of ether oxygens (including phenoxy) is 1. The molecule has 0 bridgehead atoms. The summed E-state index contributed by atoms with van der Waals surface area (Å²) in [7, 11) is 1.75. The summed E-state index contributed by atoms with van der Waals surface area (Å²) in [5.74, 6) is 0. The smallest absolute Gasteiger partial charge is 0.134 e. The molecular weight excluding hydrogens is 238 g/mol. The van der Waals surface area contributed by atoms with Crippen molar-refractivity contribution in [1.82, 2.24) is 5.32 Å². The third kappa shape index (κ3) is 3.58. The molecule has 0 aliphatic rings. The van der Waals surface area contributed by atoms with Crippen LogP contribution in [-0.4, -0.2) is 20.3 Å². The maximum absolute atomic E-state index is 5.65. The Morgan fingerprint density at radius 3 is 2.95 bits per heavy atom. The fraction of sp³-hybridized carbons (Fsp3) is 0.500. The molecule has 1 unspecified atom stereocenters. The highest BCUT2D eigenvalue weighted by Gasteiger charge is 2.15. The Morgan fingerprint density at radius 1 is 1.32 bits per heavy atom. The number of nitrogens with one attached hydrogen (secondary N) is 1. The lowest BCUT2D eigenvalue weighted by atomic mass is 10.0. The van der Waals surface area contributed by atoms with Crippen molar-refractivity contribution in [3.8, 4) is 0 Å². The van der Waals surface area contributed by atoms with Crippen LogP contribution in [0.25, 0.3) is 11.0 Å². The molecule has 0 saturated heterocycles. The van der Waals surface area contributed by atoms with Crippen molar-refractivity contribution in [2.24, 2.45) is 0 Å². The van der Waals surface area contributed by atoms with Crippen LogP contribution in [0.5, 0.6) is 0 Å². The zero-order valence-electron chi connectivity index (χ0n) is 11.8. The molecule has 2 rings (SSSR count). The Balaban J connectivity index is 2.15. The molecule has 0 amide bonds. The van der Waals surface area contributed by atoms with Crippen LogP contribution in [0.3, 0.4) is 0 Å². The first-order valence-corrected chi connectivity index (χ1v) is 7.05. The second-order valence-electron chi connectivity index (χ2n) is 4.83. The standard InChI is InChI=1S/C16H23NO2/c1-3-10-17-15(8-6-11-18-2)14-12-19-16-9-5-4-7-13(14)16/h4-5,7,9,12,15,17H,3,6,8,10-11H2,1-2H3. The molecule has 1 heterocycles. The fourth-order valence-corrected chi connectivity index (χ4v) is 2.39. The molecule has 3 nitrogen and oxygen atoms in total. The van der Waals surface area contributed by atoms with Gasteiger partial charge >= 0.3 is 0 Å². The predicted octanol–water partition coefficient (Wildman–Crippen LogP) is 3.90. The molecule has 1 aromatic carbocycles. The van der Waals surface area contributed by atoms with E-state index in [4.69, 9.17) is 9.15 Å². The molecule has 19 heavy (non-hydrogen) atoms. The quantitative estimate of drug-likeness (QED) is 0.732. The summed E-state index contributed by atoms with van der Waals surface area (Å²) >= 11 is 0. The van der Waals surface area contributed by atoms with Gasteiger partial charge in [0.1, 0.15) is 5.58 Å². The van der Waals surface area contributed by atoms with E-state index in [0.29, 0.717) is 6.04 Å². The molecule has 3 heteroatoms. The Morgan fingerprint density at radius 2 is 2.16 bits per heavy atom. The van der Waals surface area contributed by atoms with E-state index in [0.717, 1.165) is 38.0 Å². The summed E-state index contributed by atoms with van der Waals surface area (Å²) in [6.07, 6.45) is 5.15. The van der Waals surface area contributed by atoms with Crippen molar-refractivity contribution in [2.75, 3.05) is 20.3 Å². The van der Waals surface area contributed by atoms with Crippen molar-refractivity contribution in [2.45, 2.75) is 32.2 Å². The highest BCUT2D eigenvalue weighted by molar-refractivity contribution is 5.81. The molecular formula is C16H23NO2. The fourth-order valence-electron chi connectivity index (χ4n) is 2.39. The summed E-state index contributed by atoms with van der Waals surface area (Å²) in [5.41, 5.74) is 2.23. The van der Waals surface area contributed by atoms with Gasteiger partial charge in [0.25, 0.3) is 0 Å². The Bertz CT molecular complexity index is 492. The van der Waals surface area contributed by atoms with Gasteiger partial charge in [0.2, 0.25) is 0 Å². The molecule has 1 aromatic heterocycles. The van der Waals surface area contributed by atoms with Crippen molar-refractivity contribution >= 4 is 11.0 Å². The van der Waals surface area contributed by atoms with Gasteiger partial charge in [0.15, 0.2) is 0 Å². The first kappa shape index (κ1) is 14.1. The van der Waals surface area contributed by atoms with Crippen LogP contribution in [-0.2, 0) is 4.74 Å². The molecule has 104 valence electrons. The van der Waals surface area contributed by atoms with Gasteiger partial charge in [-0.25, -0.2) is 0 Å². The predicted molar refractivity (Wildman–Crippen MR) is 78.4 cm³/mol. The van der Waals surface area contributed by atoms with Crippen LogP contribution in [0.15, 0.2) is 34.9 Å². The number of fused-ring (bicyclic) bond motifs is 1. The van der Waals surface area contributed by atoms with Crippen LogP contribution >= 0.6 is 0 Å². The minimum atomic E-state index is 0.346. The van der Waals surface area contributed by atoms with Crippen LogP contribution in [0.4, 0.5) is 0 Å². The lowest BCUT2D eigenvalue weighted by Gasteiger charge is -2.17. The van der Waals surface area contributed by atoms with Gasteiger partial charge < -0.3 is 14.5 Å². The van der Waals surface area contributed by atoms with E-state index < -0.39 is 0 Å². The van der Waals surface area contributed by atoms with Crippen LogP contribution in [0.2, 0.25) is 0 Å². The second-order valence-corrected chi connectivity index (χ2v) is 4.83. The molecule has 0 spiro atoms. The average Bonchev–Trinajstić information content (AvgIpc) is 2.87. The Hall–Kier alpha value is -1.32. The Kier molecular flexibility index (Phi) is 5.43. The van der Waals surface area contributed by atoms with Crippen molar-refractivity contribution in [3.63, 3.8) is 0 Å². The number of benzene rings is 1. The minimum Gasteiger partial charge on any atom is -0.464 e. The molecule has 0 aliphatic heterocycles.